The van der Waals surface area contributed by atoms with E-state index in [1.54, 1.807) is 12.1 Å². The number of halogens is 1. The lowest BCUT2D eigenvalue weighted by Gasteiger charge is -2.15. The minimum Gasteiger partial charge on any atom is -0.316 e. The van der Waals surface area contributed by atoms with Crippen LogP contribution >= 0.6 is 0 Å². The first kappa shape index (κ1) is 13.6. The van der Waals surface area contributed by atoms with Gasteiger partial charge in [0.2, 0.25) is 0 Å². The van der Waals surface area contributed by atoms with Gasteiger partial charge in [-0.2, -0.15) is 0 Å². The predicted octanol–water partition coefficient (Wildman–Crippen LogP) is 4.25. The largest absolute Gasteiger partial charge is 0.316 e. The van der Waals surface area contributed by atoms with Crippen LogP contribution in [0.2, 0.25) is 0 Å². The molecule has 3 aromatic rings. The van der Waals surface area contributed by atoms with Crippen molar-refractivity contribution in [2.24, 2.45) is 0 Å². The number of fused-ring (bicyclic) bond motifs is 1. The summed E-state index contributed by atoms with van der Waals surface area (Å²) in [6.45, 7) is 4.00. The maximum absolute atomic E-state index is 13.1. The Balaban J connectivity index is 2.38. The summed E-state index contributed by atoms with van der Waals surface area (Å²) in [4.78, 5) is 12.5. The van der Waals surface area contributed by atoms with Gasteiger partial charge in [0.15, 0.2) is 5.43 Å². The summed E-state index contributed by atoms with van der Waals surface area (Å²) in [6.07, 6.45) is 1.86. The van der Waals surface area contributed by atoms with Gasteiger partial charge in [-0.1, -0.05) is 26.0 Å². The van der Waals surface area contributed by atoms with E-state index in [0.29, 0.717) is 5.39 Å². The van der Waals surface area contributed by atoms with E-state index in [4.69, 9.17) is 0 Å². The van der Waals surface area contributed by atoms with Gasteiger partial charge in [0.25, 0.3) is 0 Å². The molecule has 0 radical (unpaired) electrons. The van der Waals surface area contributed by atoms with E-state index in [1.807, 2.05) is 48.9 Å². The monoisotopic (exact) mass is 281 g/mol. The van der Waals surface area contributed by atoms with Gasteiger partial charge in [-0.05, 0) is 42.3 Å². The molecule has 0 bridgehead atoms. The SMILES string of the molecule is CC(C)c1cn(-c2ccc(F)cc2)c2ccccc2c1=O. The molecule has 0 amide bonds. The Morgan fingerprint density at radius 3 is 2.33 bits per heavy atom. The van der Waals surface area contributed by atoms with Gasteiger partial charge in [0.1, 0.15) is 5.82 Å². The van der Waals surface area contributed by atoms with Gasteiger partial charge in [-0.25, -0.2) is 4.39 Å². The molecule has 0 saturated heterocycles. The smallest absolute Gasteiger partial charge is 0.192 e. The third-order valence-corrected chi connectivity index (χ3v) is 3.67. The molecule has 3 rings (SSSR count). The number of benzene rings is 2. The van der Waals surface area contributed by atoms with Crippen molar-refractivity contribution >= 4 is 10.9 Å². The number of nitrogens with zero attached hydrogens (tertiary/aromatic N) is 1. The highest BCUT2D eigenvalue weighted by Gasteiger charge is 2.12. The second-order valence-electron chi connectivity index (χ2n) is 5.43. The second kappa shape index (κ2) is 5.17. The number of pyridine rings is 1. The topological polar surface area (TPSA) is 22.0 Å². The Bertz CT molecular complexity index is 847. The molecule has 0 N–H and O–H groups in total. The van der Waals surface area contributed by atoms with Crippen molar-refractivity contribution in [2.45, 2.75) is 19.8 Å². The van der Waals surface area contributed by atoms with Gasteiger partial charge in [0.05, 0.1) is 5.52 Å². The molecule has 0 atom stereocenters. The molecule has 21 heavy (non-hydrogen) atoms. The lowest BCUT2D eigenvalue weighted by molar-refractivity contribution is 0.627. The molecular formula is C18H16FNO. The summed E-state index contributed by atoms with van der Waals surface area (Å²) in [7, 11) is 0. The molecule has 0 unspecified atom stereocenters. The molecule has 3 heteroatoms. The molecule has 0 aliphatic carbocycles. The zero-order chi connectivity index (χ0) is 15.0. The molecule has 1 aromatic heterocycles. The first-order valence-electron chi connectivity index (χ1n) is 6.98. The lowest BCUT2D eigenvalue weighted by atomic mass is 10.0. The van der Waals surface area contributed by atoms with Crippen LogP contribution in [0.3, 0.4) is 0 Å². The van der Waals surface area contributed by atoms with Crippen molar-refractivity contribution in [3.8, 4) is 5.69 Å². The summed E-state index contributed by atoms with van der Waals surface area (Å²) in [5.74, 6) is -0.137. The Kier molecular flexibility index (Phi) is 3.34. The Morgan fingerprint density at radius 2 is 1.67 bits per heavy atom. The molecule has 0 fully saturated rings. The van der Waals surface area contributed by atoms with Gasteiger partial charge in [-0.3, -0.25) is 4.79 Å². The summed E-state index contributed by atoms with van der Waals surface area (Å²) in [6, 6.07) is 13.8. The van der Waals surface area contributed by atoms with Gasteiger partial charge >= 0.3 is 0 Å². The maximum atomic E-state index is 13.1. The van der Waals surface area contributed by atoms with E-state index in [1.165, 1.54) is 12.1 Å². The summed E-state index contributed by atoms with van der Waals surface area (Å²) < 4.78 is 15.1. The minimum absolute atomic E-state index is 0.0685. The van der Waals surface area contributed by atoms with Crippen molar-refractivity contribution in [1.29, 1.82) is 0 Å². The molecule has 106 valence electrons. The minimum atomic E-state index is -0.270. The fourth-order valence-corrected chi connectivity index (χ4v) is 2.53. The van der Waals surface area contributed by atoms with Crippen LogP contribution in [0.25, 0.3) is 16.6 Å². The standard InChI is InChI=1S/C18H16FNO/c1-12(2)16-11-20(14-9-7-13(19)8-10-14)17-6-4-3-5-15(17)18(16)21/h3-12H,1-2H3. The number of hydrogen-bond donors (Lipinski definition) is 0. The van der Waals surface area contributed by atoms with Crippen molar-refractivity contribution in [3.05, 3.63) is 76.3 Å². The van der Waals surface area contributed by atoms with Crippen LogP contribution in [0.4, 0.5) is 4.39 Å². The molecular weight excluding hydrogens is 265 g/mol. The van der Waals surface area contributed by atoms with Crippen LogP contribution in [0, 0.1) is 5.82 Å². The van der Waals surface area contributed by atoms with E-state index in [2.05, 4.69) is 0 Å². The Labute approximate surface area is 122 Å². The van der Waals surface area contributed by atoms with Gasteiger partial charge in [0, 0.05) is 22.8 Å². The molecule has 0 saturated carbocycles. The Morgan fingerprint density at radius 1 is 1.00 bits per heavy atom. The van der Waals surface area contributed by atoms with Crippen LogP contribution in [0.15, 0.2) is 59.5 Å². The van der Waals surface area contributed by atoms with E-state index < -0.39 is 0 Å². The summed E-state index contributed by atoms with van der Waals surface area (Å²) in [5, 5.41) is 0.688. The highest BCUT2D eigenvalue weighted by atomic mass is 19.1. The molecule has 1 heterocycles. The van der Waals surface area contributed by atoms with Crippen LogP contribution < -0.4 is 5.43 Å². The van der Waals surface area contributed by atoms with E-state index >= 15 is 0 Å². The maximum Gasteiger partial charge on any atom is 0.192 e. The number of para-hydroxylation sites is 1. The molecule has 0 spiro atoms. The Hall–Kier alpha value is -2.42. The molecule has 0 aliphatic rings. The third kappa shape index (κ3) is 2.35. The number of aromatic nitrogens is 1. The highest BCUT2D eigenvalue weighted by Crippen LogP contribution is 2.20. The number of hydrogen-bond acceptors (Lipinski definition) is 1. The molecule has 2 nitrogen and oxygen atoms in total. The fourth-order valence-electron chi connectivity index (χ4n) is 2.53. The van der Waals surface area contributed by atoms with Crippen molar-refractivity contribution in [1.82, 2.24) is 4.57 Å². The second-order valence-corrected chi connectivity index (χ2v) is 5.43. The average Bonchev–Trinajstić information content (AvgIpc) is 2.49. The van der Waals surface area contributed by atoms with E-state index in [9.17, 15) is 9.18 Å². The van der Waals surface area contributed by atoms with Gasteiger partial charge in [-0.15, -0.1) is 0 Å². The van der Waals surface area contributed by atoms with Gasteiger partial charge < -0.3 is 4.57 Å². The average molecular weight is 281 g/mol. The normalized spacial score (nSPS) is 11.2. The van der Waals surface area contributed by atoms with E-state index in [-0.39, 0.29) is 17.2 Å². The summed E-state index contributed by atoms with van der Waals surface area (Å²) >= 11 is 0. The van der Waals surface area contributed by atoms with Crippen LogP contribution in [-0.2, 0) is 0 Å². The lowest BCUT2D eigenvalue weighted by Crippen LogP contribution is -2.15. The first-order chi connectivity index (χ1) is 10.1. The van der Waals surface area contributed by atoms with E-state index in [0.717, 1.165) is 16.8 Å². The van der Waals surface area contributed by atoms with Crippen molar-refractivity contribution < 1.29 is 4.39 Å². The predicted molar refractivity (Wildman–Crippen MR) is 83.6 cm³/mol. The van der Waals surface area contributed by atoms with Crippen LogP contribution in [0.1, 0.15) is 25.3 Å². The quantitative estimate of drug-likeness (QED) is 0.688. The van der Waals surface area contributed by atoms with Crippen molar-refractivity contribution in [2.75, 3.05) is 0 Å². The zero-order valence-electron chi connectivity index (χ0n) is 12.0. The summed E-state index contributed by atoms with van der Waals surface area (Å²) in [5.41, 5.74) is 2.50. The molecule has 0 aliphatic heterocycles. The fraction of sp³-hybridized carbons (Fsp3) is 0.167. The highest BCUT2D eigenvalue weighted by molar-refractivity contribution is 5.81. The van der Waals surface area contributed by atoms with Crippen LogP contribution in [0.5, 0.6) is 0 Å². The number of rotatable bonds is 2. The first-order valence-corrected chi connectivity index (χ1v) is 6.98. The van der Waals surface area contributed by atoms with Crippen molar-refractivity contribution in [3.63, 3.8) is 0 Å². The van der Waals surface area contributed by atoms with Crippen LogP contribution in [-0.4, -0.2) is 4.57 Å². The third-order valence-electron chi connectivity index (χ3n) is 3.67. The zero-order valence-corrected chi connectivity index (χ0v) is 12.0. The molecule has 2 aromatic carbocycles.